The van der Waals surface area contributed by atoms with Gasteiger partial charge in [0.05, 0.1) is 22.3 Å². The summed E-state index contributed by atoms with van der Waals surface area (Å²) < 4.78 is 0. The van der Waals surface area contributed by atoms with E-state index in [9.17, 15) is 4.79 Å². The molecule has 1 fully saturated rings. The molecule has 1 atom stereocenters. The highest BCUT2D eigenvalue weighted by molar-refractivity contribution is 6.35. The third-order valence-electron chi connectivity index (χ3n) is 3.60. The van der Waals surface area contributed by atoms with Gasteiger partial charge in [0.1, 0.15) is 0 Å². The van der Waals surface area contributed by atoms with Gasteiger partial charge in [-0.2, -0.15) is 0 Å². The van der Waals surface area contributed by atoms with Crippen molar-refractivity contribution in [1.29, 1.82) is 0 Å². The number of nitrogens with zero attached hydrogens (tertiary/aromatic N) is 1. The van der Waals surface area contributed by atoms with Crippen LogP contribution in [0, 0.1) is 0 Å². The van der Waals surface area contributed by atoms with Crippen LogP contribution in [0.5, 0.6) is 0 Å². The summed E-state index contributed by atoms with van der Waals surface area (Å²) in [6, 6.07) is 7.22. The number of nitrogens with one attached hydrogen (secondary N) is 2. The van der Waals surface area contributed by atoms with Crippen LogP contribution in [0.1, 0.15) is 19.3 Å². The standard InChI is InChI=1S/C15H16ClN3O/c16-11-6-7-12(14-10(11)4-3-9-18-14)19-15(20)13-5-1-2-8-17-13/h3-4,6-7,9,13,17H,1-2,5,8H2,(H,19,20)/t13-/m1/s1. The van der Waals surface area contributed by atoms with Crippen molar-refractivity contribution in [2.75, 3.05) is 11.9 Å². The maximum atomic E-state index is 12.3. The highest BCUT2D eigenvalue weighted by Gasteiger charge is 2.21. The minimum absolute atomic E-state index is 0.000949. The molecule has 0 radical (unpaired) electrons. The van der Waals surface area contributed by atoms with Crippen LogP contribution in [-0.2, 0) is 4.79 Å². The van der Waals surface area contributed by atoms with Crippen molar-refractivity contribution in [2.45, 2.75) is 25.3 Å². The van der Waals surface area contributed by atoms with Crippen LogP contribution in [0.3, 0.4) is 0 Å². The van der Waals surface area contributed by atoms with Gasteiger partial charge in [-0.3, -0.25) is 9.78 Å². The Morgan fingerprint density at radius 1 is 1.35 bits per heavy atom. The van der Waals surface area contributed by atoms with E-state index in [4.69, 9.17) is 11.6 Å². The second-order valence-corrected chi connectivity index (χ2v) is 5.39. The molecule has 2 heterocycles. The fourth-order valence-corrected chi connectivity index (χ4v) is 2.75. The molecule has 0 saturated carbocycles. The van der Waals surface area contributed by atoms with Crippen molar-refractivity contribution in [2.24, 2.45) is 0 Å². The van der Waals surface area contributed by atoms with Crippen molar-refractivity contribution in [3.05, 3.63) is 35.5 Å². The van der Waals surface area contributed by atoms with Gasteiger partial charge in [0.2, 0.25) is 5.91 Å². The van der Waals surface area contributed by atoms with Gasteiger partial charge in [-0.25, -0.2) is 0 Å². The lowest BCUT2D eigenvalue weighted by Gasteiger charge is -2.22. The first-order valence-corrected chi connectivity index (χ1v) is 7.21. The molecule has 1 saturated heterocycles. The monoisotopic (exact) mass is 289 g/mol. The van der Waals surface area contributed by atoms with E-state index in [1.165, 1.54) is 0 Å². The third kappa shape index (κ3) is 2.62. The van der Waals surface area contributed by atoms with E-state index in [1.54, 1.807) is 18.3 Å². The summed E-state index contributed by atoms with van der Waals surface area (Å²) in [6.07, 6.45) is 4.80. The number of aromatic nitrogens is 1. The molecule has 4 nitrogen and oxygen atoms in total. The van der Waals surface area contributed by atoms with Gasteiger partial charge in [0.15, 0.2) is 0 Å². The average Bonchev–Trinajstić information content (AvgIpc) is 2.51. The van der Waals surface area contributed by atoms with Crippen molar-refractivity contribution in [1.82, 2.24) is 10.3 Å². The molecule has 1 aliphatic rings. The third-order valence-corrected chi connectivity index (χ3v) is 3.93. The lowest BCUT2D eigenvalue weighted by Crippen LogP contribution is -2.43. The summed E-state index contributed by atoms with van der Waals surface area (Å²) in [5.74, 6) is -0.000949. The zero-order valence-electron chi connectivity index (χ0n) is 11.0. The average molecular weight is 290 g/mol. The van der Waals surface area contributed by atoms with Crippen LogP contribution in [-0.4, -0.2) is 23.5 Å². The van der Waals surface area contributed by atoms with E-state index in [0.717, 1.165) is 36.7 Å². The number of pyridine rings is 1. The number of carbonyl (C=O) groups excluding carboxylic acids is 1. The summed E-state index contributed by atoms with van der Waals surface area (Å²) in [4.78, 5) is 16.6. The largest absolute Gasteiger partial charge is 0.323 e. The smallest absolute Gasteiger partial charge is 0.241 e. The number of halogens is 1. The lowest BCUT2D eigenvalue weighted by molar-refractivity contribution is -0.118. The Kier molecular flexibility index (Phi) is 3.85. The minimum Gasteiger partial charge on any atom is -0.323 e. The molecule has 0 aliphatic carbocycles. The van der Waals surface area contributed by atoms with Crippen molar-refractivity contribution in [3.8, 4) is 0 Å². The van der Waals surface area contributed by atoms with Gasteiger partial charge < -0.3 is 10.6 Å². The second kappa shape index (κ2) is 5.77. The normalized spacial score (nSPS) is 18.9. The molecular weight excluding hydrogens is 274 g/mol. The van der Waals surface area contributed by atoms with Gasteiger partial charge in [0, 0.05) is 11.6 Å². The van der Waals surface area contributed by atoms with Crippen molar-refractivity contribution < 1.29 is 4.79 Å². The SMILES string of the molecule is O=C(Nc1ccc(Cl)c2cccnc12)[C@H]1CCCCN1. The van der Waals surface area contributed by atoms with Gasteiger partial charge in [-0.15, -0.1) is 0 Å². The lowest BCUT2D eigenvalue weighted by atomic mass is 10.0. The number of hydrogen-bond acceptors (Lipinski definition) is 3. The van der Waals surface area contributed by atoms with E-state index in [2.05, 4.69) is 15.6 Å². The highest BCUT2D eigenvalue weighted by atomic mass is 35.5. The first-order valence-electron chi connectivity index (χ1n) is 6.83. The Morgan fingerprint density at radius 2 is 2.25 bits per heavy atom. The van der Waals surface area contributed by atoms with E-state index in [1.807, 2.05) is 12.1 Å². The van der Waals surface area contributed by atoms with Crippen LogP contribution in [0.2, 0.25) is 5.02 Å². The number of anilines is 1. The Hall–Kier alpha value is -1.65. The number of rotatable bonds is 2. The first-order chi connectivity index (χ1) is 9.75. The molecule has 2 aromatic rings. The Labute approximate surface area is 122 Å². The molecule has 1 amide bonds. The fourth-order valence-electron chi connectivity index (χ4n) is 2.53. The zero-order valence-corrected chi connectivity index (χ0v) is 11.8. The topological polar surface area (TPSA) is 54.0 Å². The molecular formula is C15H16ClN3O. The molecule has 1 aromatic heterocycles. The summed E-state index contributed by atoms with van der Waals surface area (Å²) in [5, 5.41) is 7.69. The molecule has 2 N–H and O–H groups in total. The predicted molar refractivity (Wildman–Crippen MR) is 81.0 cm³/mol. The van der Waals surface area contributed by atoms with Crippen LogP contribution < -0.4 is 10.6 Å². The number of fused-ring (bicyclic) bond motifs is 1. The summed E-state index contributed by atoms with van der Waals surface area (Å²) >= 11 is 6.15. The maximum absolute atomic E-state index is 12.3. The summed E-state index contributed by atoms with van der Waals surface area (Å²) in [5.41, 5.74) is 1.44. The van der Waals surface area contributed by atoms with E-state index in [-0.39, 0.29) is 11.9 Å². The number of piperidine rings is 1. The zero-order chi connectivity index (χ0) is 13.9. The molecule has 0 unspecified atom stereocenters. The number of amides is 1. The maximum Gasteiger partial charge on any atom is 0.241 e. The molecule has 3 rings (SSSR count). The van der Waals surface area contributed by atoms with E-state index < -0.39 is 0 Å². The van der Waals surface area contributed by atoms with E-state index in [0.29, 0.717) is 10.7 Å². The number of carbonyl (C=O) groups is 1. The molecule has 0 bridgehead atoms. The second-order valence-electron chi connectivity index (χ2n) is 4.99. The van der Waals surface area contributed by atoms with Gasteiger partial charge >= 0.3 is 0 Å². The van der Waals surface area contributed by atoms with Crippen molar-refractivity contribution >= 4 is 34.1 Å². The molecule has 0 spiro atoms. The van der Waals surface area contributed by atoms with Gasteiger partial charge in [-0.1, -0.05) is 18.0 Å². The first kappa shape index (κ1) is 13.3. The van der Waals surface area contributed by atoms with Crippen LogP contribution in [0.4, 0.5) is 5.69 Å². The molecule has 1 aromatic carbocycles. The molecule has 5 heteroatoms. The Balaban J connectivity index is 1.87. The summed E-state index contributed by atoms with van der Waals surface area (Å²) in [7, 11) is 0. The highest BCUT2D eigenvalue weighted by Crippen LogP contribution is 2.28. The summed E-state index contributed by atoms with van der Waals surface area (Å²) in [6.45, 7) is 0.900. The molecule has 1 aliphatic heterocycles. The van der Waals surface area contributed by atoms with Crippen LogP contribution >= 0.6 is 11.6 Å². The van der Waals surface area contributed by atoms with Crippen LogP contribution in [0.15, 0.2) is 30.5 Å². The molecule has 20 heavy (non-hydrogen) atoms. The fraction of sp³-hybridized carbons (Fsp3) is 0.333. The minimum atomic E-state index is -0.113. The van der Waals surface area contributed by atoms with Gasteiger partial charge in [0.25, 0.3) is 0 Å². The number of benzene rings is 1. The van der Waals surface area contributed by atoms with Crippen LogP contribution in [0.25, 0.3) is 10.9 Å². The Bertz CT molecular complexity index is 638. The Morgan fingerprint density at radius 3 is 3.05 bits per heavy atom. The van der Waals surface area contributed by atoms with Crippen molar-refractivity contribution in [3.63, 3.8) is 0 Å². The molecule has 104 valence electrons. The quantitative estimate of drug-likeness (QED) is 0.894. The predicted octanol–water partition coefficient (Wildman–Crippen LogP) is 2.97. The number of hydrogen-bond donors (Lipinski definition) is 2. The van der Waals surface area contributed by atoms with Gasteiger partial charge in [-0.05, 0) is 43.7 Å². The van der Waals surface area contributed by atoms with E-state index >= 15 is 0 Å².